The summed E-state index contributed by atoms with van der Waals surface area (Å²) < 4.78 is 8.77. The highest BCUT2D eigenvalue weighted by atomic mass is 16.3. The molecule has 0 atom stereocenters. The van der Waals surface area contributed by atoms with Crippen molar-refractivity contribution in [3.8, 4) is 5.69 Å². The van der Waals surface area contributed by atoms with E-state index in [2.05, 4.69) is 110 Å². The van der Waals surface area contributed by atoms with E-state index < -0.39 is 0 Å². The SMILES string of the molecule is CC(C)(C)c1ccc2oc3cc(-n4c5c6ccccc6ccc5c5ccc6ccccc6c54)ccc3c(=O)c2c1. The molecule has 0 amide bonds. The molecule has 0 aliphatic heterocycles. The minimum Gasteiger partial charge on any atom is -0.456 e. The average molecular weight is 518 g/mol. The lowest BCUT2D eigenvalue weighted by Gasteiger charge is -2.19. The number of rotatable bonds is 1. The quantitative estimate of drug-likeness (QED) is 0.203. The zero-order valence-corrected chi connectivity index (χ0v) is 22.7. The summed E-state index contributed by atoms with van der Waals surface area (Å²) in [6.07, 6.45) is 0. The molecule has 3 heteroatoms. The summed E-state index contributed by atoms with van der Waals surface area (Å²) in [5.41, 5.74) is 5.55. The Balaban J connectivity index is 1.50. The maximum Gasteiger partial charge on any atom is 0.200 e. The second kappa shape index (κ2) is 8.06. The van der Waals surface area contributed by atoms with E-state index >= 15 is 0 Å². The van der Waals surface area contributed by atoms with Crippen molar-refractivity contribution in [3.63, 3.8) is 0 Å². The van der Waals surface area contributed by atoms with Gasteiger partial charge < -0.3 is 8.98 Å². The molecule has 0 bridgehead atoms. The molecule has 6 aromatic carbocycles. The highest BCUT2D eigenvalue weighted by molar-refractivity contribution is 6.23. The van der Waals surface area contributed by atoms with Crippen LogP contribution in [0.4, 0.5) is 0 Å². The second-order valence-electron chi connectivity index (χ2n) is 11.8. The smallest absolute Gasteiger partial charge is 0.200 e. The van der Waals surface area contributed by atoms with Crippen molar-refractivity contribution >= 4 is 65.3 Å². The first kappa shape index (κ1) is 23.0. The van der Waals surface area contributed by atoms with Gasteiger partial charge in [-0.25, -0.2) is 0 Å². The van der Waals surface area contributed by atoms with Gasteiger partial charge in [0, 0.05) is 33.3 Å². The van der Waals surface area contributed by atoms with Gasteiger partial charge in [-0.05, 0) is 46.0 Å². The van der Waals surface area contributed by atoms with Crippen molar-refractivity contribution in [2.24, 2.45) is 0 Å². The normalized spacial score (nSPS) is 12.5. The number of aromatic nitrogens is 1. The largest absolute Gasteiger partial charge is 0.456 e. The van der Waals surface area contributed by atoms with Crippen molar-refractivity contribution in [3.05, 3.63) is 125 Å². The molecule has 192 valence electrons. The van der Waals surface area contributed by atoms with Crippen LogP contribution in [0, 0.1) is 0 Å². The molecule has 0 saturated heterocycles. The van der Waals surface area contributed by atoms with Gasteiger partial charge in [-0.1, -0.05) is 99.6 Å². The van der Waals surface area contributed by atoms with Crippen molar-refractivity contribution in [1.82, 2.24) is 4.57 Å². The summed E-state index contributed by atoms with van der Waals surface area (Å²) in [6, 6.07) is 37.9. The third kappa shape index (κ3) is 3.21. The molecule has 8 rings (SSSR count). The molecular weight excluding hydrogens is 490 g/mol. The highest BCUT2D eigenvalue weighted by Crippen LogP contribution is 2.40. The molecule has 3 nitrogen and oxygen atoms in total. The molecule has 0 N–H and O–H groups in total. The van der Waals surface area contributed by atoms with E-state index in [0.29, 0.717) is 21.9 Å². The van der Waals surface area contributed by atoms with Crippen LogP contribution < -0.4 is 5.43 Å². The first-order valence-electron chi connectivity index (χ1n) is 13.7. The van der Waals surface area contributed by atoms with Gasteiger partial charge in [0.1, 0.15) is 11.2 Å². The standard InChI is InChI=1S/C37H27NO2/c1-37(2,3)24-14-19-32-31(20-24)36(39)30-18-15-25(21-33(30)40-32)38-34-26-10-6-4-8-22(26)12-16-28(34)29-17-13-23-9-5-7-11-27(23)35(29)38/h4-21H,1-3H3. The summed E-state index contributed by atoms with van der Waals surface area (Å²) in [5, 5.41) is 8.39. The molecule has 0 fully saturated rings. The summed E-state index contributed by atoms with van der Waals surface area (Å²) in [7, 11) is 0. The first-order chi connectivity index (χ1) is 19.4. The van der Waals surface area contributed by atoms with Gasteiger partial charge in [0.15, 0.2) is 0 Å². The fourth-order valence-corrected chi connectivity index (χ4v) is 6.25. The first-order valence-corrected chi connectivity index (χ1v) is 13.7. The molecular formula is C37H27NO2. The lowest BCUT2D eigenvalue weighted by molar-refractivity contribution is 0.590. The van der Waals surface area contributed by atoms with Crippen LogP contribution in [-0.4, -0.2) is 4.57 Å². The van der Waals surface area contributed by atoms with Gasteiger partial charge in [0.2, 0.25) is 5.43 Å². The van der Waals surface area contributed by atoms with Crippen LogP contribution in [0.25, 0.3) is 71.0 Å². The highest BCUT2D eigenvalue weighted by Gasteiger charge is 2.19. The monoisotopic (exact) mass is 517 g/mol. The van der Waals surface area contributed by atoms with Crippen LogP contribution in [0.2, 0.25) is 0 Å². The van der Waals surface area contributed by atoms with E-state index in [0.717, 1.165) is 22.3 Å². The zero-order chi connectivity index (χ0) is 27.2. The maximum atomic E-state index is 13.7. The van der Waals surface area contributed by atoms with Gasteiger partial charge >= 0.3 is 0 Å². The summed E-state index contributed by atoms with van der Waals surface area (Å²) in [4.78, 5) is 13.7. The minimum absolute atomic E-state index is 0.00650. The van der Waals surface area contributed by atoms with Crippen molar-refractivity contribution in [1.29, 1.82) is 0 Å². The second-order valence-corrected chi connectivity index (χ2v) is 11.8. The van der Waals surface area contributed by atoms with Gasteiger partial charge in [-0.15, -0.1) is 0 Å². The van der Waals surface area contributed by atoms with Gasteiger partial charge in [-0.2, -0.15) is 0 Å². The Hall–Kier alpha value is -4.89. The molecule has 0 saturated carbocycles. The van der Waals surface area contributed by atoms with Crippen molar-refractivity contribution in [2.45, 2.75) is 26.2 Å². The van der Waals surface area contributed by atoms with Crippen LogP contribution in [0.1, 0.15) is 26.3 Å². The minimum atomic E-state index is -0.0540. The van der Waals surface area contributed by atoms with E-state index in [1.54, 1.807) is 0 Å². The number of nitrogens with zero attached hydrogens (tertiary/aromatic N) is 1. The number of hydrogen-bond donors (Lipinski definition) is 0. The maximum absolute atomic E-state index is 13.7. The summed E-state index contributed by atoms with van der Waals surface area (Å²) >= 11 is 0. The van der Waals surface area contributed by atoms with Crippen molar-refractivity contribution < 1.29 is 4.42 Å². The average Bonchev–Trinajstić information content (AvgIpc) is 3.32. The van der Waals surface area contributed by atoms with Gasteiger partial charge in [0.05, 0.1) is 21.8 Å². The predicted octanol–water partition coefficient (Wildman–Crippen LogP) is 9.65. The predicted molar refractivity (Wildman–Crippen MR) is 168 cm³/mol. The Morgan fingerprint density at radius 1 is 0.550 bits per heavy atom. The number of fused-ring (bicyclic) bond motifs is 9. The topological polar surface area (TPSA) is 35.1 Å². The van der Waals surface area contributed by atoms with Crippen LogP contribution in [0.5, 0.6) is 0 Å². The van der Waals surface area contributed by atoms with Crippen LogP contribution in [0.15, 0.2) is 118 Å². The molecule has 2 aromatic heterocycles. The van der Waals surface area contributed by atoms with E-state index in [1.165, 1.54) is 32.3 Å². The van der Waals surface area contributed by atoms with E-state index in [-0.39, 0.29) is 10.8 Å². The number of hydrogen-bond acceptors (Lipinski definition) is 2. The molecule has 40 heavy (non-hydrogen) atoms. The van der Waals surface area contributed by atoms with E-state index in [4.69, 9.17) is 4.42 Å². The molecule has 8 aromatic rings. The zero-order valence-electron chi connectivity index (χ0n) is 22.7. The lowest BCUT2D eigenvalue weighted by Crippen LogP contribution is -2.12. The third-order valence-corrected chi connectivity index (χ3v) is 8.32. The summed E-state index contributed by atoms with van der Waals surface area (Å²) in [6.45, 7) is 6.47. The molecule has 0 spiro atoms. The fraction of sp³-hybridized carbons (Fsp3) is 0.108. The molecule has 0 aliphatic rings. The molecule has 2 heterocycles. The Bertz CT molecular complexity index is 2290. The van der Waals surface area contributed by atoms with E-state index in [1.807, 2.05) is 24.3 Å². The van der Waals surface area contributed by atoms with Crippen LogP contribution in [-0.2, 0) is 5.41 Å². The fourth-order valence-electron chi connectivity index (χ4n) is 6.25. The van der Waals surface area contributed by atoms with Gasteiger partial charge in [0.25, 0.3) is 0 Å². The van der Waals surface area contributed by atoms with Crippen LogP contribution in [0.3, 0.4) is 0 Å². The number of benzene rings is 6. The Morgan fingerprint density at radius 3 is 1.77 bits per heavy atom. The molecule has 0 radical (unpaired) electrons. The van der Waals surface area contributed by atoms with E-state index in [9.17, 15) is 4.79 Å². The Labute approximate surface area is 230 Å². The third-order valence-electron chi connectivity index (χ3n) is 8.32. The Morgan fingerprint density at radius 2 is 1.15 bits per heavy atom. The lowest BCUT2D eigenvalue weighted by atomic mass is 9.86. The van der Waals surface area contributed by atoms with Crippen molar-refractivity contribution in [2.75, 3.05) is 0 Å². The van der Waals surface area contributed by atoms with Gasteiger partial charge in [-0.3, -0.25) is 4.79 Å². The summed E-state index contributed by atoms with van der Waals surface area (Å²) in [5.74, 6) is 0. The van der Waals surface area contributed by atoms with Crippen LogP contribution >= 0.6 is 0 Å². The molecule has 0 unspecified atom stereocenters. The molecule has 0 aliphatic carbocycles. The Kier molecular flexibility index (Phi) is 4.64.